The highest BCUT2D eigenvalue weighted by molar-refractivity contribution is 9.10. The van der Waals surface area contributed by atoms with Gasteiger partial charge < -0.3 is 16.4 Å². The van der Waals surface area contributed by atoms with Crippen molar-refractivity contribution >= 4 is 27.5 Å². The number of nitrogens with zero attached hydrogens (tertiary/aromatic N) is 1. The Balaban J connectivity index is 2.28. The normalized spacial score (nSPS) is 19.9. The van der Waals surface area contributed by atoms with Gasteiger partial charge in [-0.1, -0.05) is 22.0 Å². The van der Waals surface area contributed by atoms with E-state index in [1.807, 2.05) is 18.2 Å². The molecule has 1 atom stereocenters. The van der Waals surface area contributed by atoms with Crippen LogP contribution < -0.4 is 16.4 Å². The number of carbonyl (C=O) groups is 1. The van der Waals surface area contributed by atoms with Gasteiger partial charge in [-0.3, -0.25) is 4.79 Å². The fourth-order valence-corrected chi connectivity index (χ4v) is 2.95. The van der Waals surface area contributed by atoms with Crippen molar-refractivity contribution in [3.05, 3.63) is 28.2 Å². The smallest absolute Gasteiger partial charge is 0.240 e. The number of benzene rings is 1. The van der Waals surface area contributed by atoms with Gasteiger partial charge in [-0.25, -0.2) is 0 Å². The molecule has 0 saturated carbocycles. The number of anilines is 1. The van der Waals surface area contributed by atoms with E-state index in [1.165, 1.54) is 0 Å². The Morgan fingerprint density at radius 3 is 2.83 bits per heavy atom. The van der Waals surface area contributed by atoms with E-state index in [4.69, 9.17) is 11.5 Å². The maximum Gasteiger partial charge on any atom is 0.240 e. The maximum absolute atomic E-state index is 11.5. The van der Waals surface area contributed by atoms with Crippen LogP contribution in [0.2, 0.25) is 0 Å². The third kappa shape index (κ3) is 2.67. The summed E-state index contributed by atoms with van der Waals surface area (Å²) in [6, 6.07) is 5.83. The molecule has 0 aliphatic carbocycles. The first-order valence-electron chi connectivity index (χ1n) is 6.18. The molecule has 1 aliphatic rings. The SMILES string of the molecule is NCc1ccc(N2CCCCC2C(N)=O)cc1Br. The van der Waals surface area contributed by atoms with Gasteiger partial charge >= 0.3 is 0 Å². The third-order valence-electron chi connectivity index (χ3n) is 3.42. The van der Waals surface area contributed by atoms with E-state index in [0.29, 0.717) is 6.54 Å². The van der Waals surface area contributed by atoms with E-state index in [2.05, 4.69) is 20.8 Å². The topological polar surface area (TPSA) is 72.3 Å². The Kier molecular flexibility index (Phi) is 4.24. The molecule has 5 heteroatoms. The van der Waals surface area contributed by atoms with Crippen LogP contribution in [0.4, 0.5) is 5.69 Å². The molecule has 18 heavy (non-hydrogen) atoms. The predicted molar refractivity (Wildman–Crippen MR) is 76.2 cm³/mol. The molecule has 4 nitrogen and oxygen atoms in total. The van der Waals surface area contributed by atoms with Crippen molar-refractivity contribution in [2.24, 2.45) is 11.5 Å². The summed E-state index contributed by atoms with van der Waals surface area (Å²) in [5, 5.41) is 0. The van der Waals surface area contributed by atoms with Crippen LogP contribution >= 0.6 is 15.9 Å². The van der Waals surface area contributed by atoms with Gasteiger partial charge in [-0.2, -0.15) is 0 Å². The summed E-state index contributed by atoms with van der Waals surface area (Å²) >= 11 is 3.51. The first-order chi connectivity index (χ1) is 8.63. The van der Waals surface area contributed by atoms with Crippen LogP contribution in [0, 0.1) is 0 Å². The lowest BCUT2D eigenvalue weighted by Gasteiger charge is -2.35. The lowest BCUT2D eigenvalue weighted by molar-refractivity contribution is -0.119. The van der Waals surface area contributed by atoms with E-state index in [1.54, 1.807) is 0 Å². The average Bonchev–Trinajstić information content (AvgIpc) is 2.38. The molecule has 2 rings (SSSR count). The first kappa shape index (κ1) is 13.4. The molecule has 0 bridgehead atoms. The molecule has 1 saturated heterocycles. The van der Waals surface area contributed by atoms with Crippen LogP contribution in [0.25, 0.3) is 0 Å². The van der Waals surface area contributed by atoms with E-state index in [9.17, 15) is 4.79 Å². The molecule has 1 aliphatic heterocycles. The molecule has 0 radical (unpaired) electrons. The van der Waals surface area contributed by atoms with Crippen LogP contribution in [-0.2, 0) is 11.3 Å². The Morgan fingerprint density at radius 1 is 1.44 bits per heavy atom. The highest BCUT2D eigenvalue weighted by Crippen LogP contribution is 2.28. The van der Waals surface area contributed by atoms with E-state index in [0.717, 1.165) is 41.5 Å². The number of nitrogens with two attached hydrogens (primary N) is 2. The number of hydrogen-bond donors (Lipinski definition) is 2. The lowest BCUT2D eigenvalue weighted by atomic mass is 10.0. The number of halogens is 1. The van der Waals surface area contributed by atoms with Crippen molar-refractivity contribution in [3.8, 4) is 0 Å². The van der Waals surface area contributed by atoms with Gasteiger partial charge in [-0.05, 0) is 37.0 Å². The largest absolute Gasteiger partial charge is 0.368 e. The molecule has 98 valence electrons. The van der Waals surface area contributed by atoms with Gasteiger partial charge in [0.15, 0.2) is 0 Å². The van der Waals surface area contributed by atoms with Crippen LogP contribution in [0.1, 0.15) is 24.8 Å². The second-order valence-electron chi connectivity index (χ2n) is 4.59. The van der Waals surface area contributed by atoms with Crippen LogP contribution in [0.5, 0.6) is 0 Å². The second-order valence-corrected chi connectivity index (χ2v) is 5.44. The summed E-state index contributed by atoms with van der Waals surface area (Å²) in [6.07, 6.45) is 3.00. The quantitative estimate of drug-likeness (QED) is 0.893. The van der Waals surface area contributed by atoms with Gasteiger partial charge in [0.25, 0.3) is 0 Å². The molecular formula is C13H18BrN3O. The molecule has 1 unspecified atom stereocenters. The molecule has 1 amide bonds. The molecule has 1 heterocycles. The average molecular weight is 312 g/mol. The number of amides is 1. The monoisotopic (exact) mass is 311 g/mol. The van der Waals surface area contributed by atoms with Gasteiger partial charge in [0.05, 0.1) is 0 Å². The summed E-state index contributed by atoms with van der Waals surface area (Å²) in [5.41, 5.74) is 13.2. The minimum Gasteiger partial charge on any atom is -0.368 e. The highest BCUT2D eigenvalue weighted by Gasteiger charge is 2.27. The van der Waals surface area contributed by atoms with Gasteiger partial charge in [0.1, 0.15) is 6.04 Å². The number of piperidine rings is 1. The Bertz CT molecular complexity index is 450. The van der Waals surface area contributed by atoms with Crippen LogP contribution in [-0.4, -0.2) is 18.5 Å². The zero-order chi connectivity index (χ0) is 13.1. The number of rotatable bonds is 3. The molecule has 0 spiro atoms. The van der Waals surface area contributed by atoms with E-state index < -0.39 is 0 Å². The zero-order valence-corrected chi connectivity index (χ0v) is 11.8. The predicted octanol–water partition coefficient (Wildman–Crippen LogP) is 1.75. The van der Waals surface area contributed by atoms with Crippen molar-refractivity contribution < 1.29 is 4.79 Å². The number of carbonyl (C=O) groups excluding carboxylic acids is 1. The van der Waals surface area contributed by atoms with E-state index >= 15 is 0 Å². The summed E-state index contributed by atoms with van der Waals surface area (Å²) in [6.45, 7) is 1.38. The van der Waals surface area contributed by atoms with Gasteiger partial charge in [-0.15, -0.1) is 0 Å². The zero-order valence-electron chi connectivity index (χ0n) is 10.2. The van der Waals surface area contributed by atoms with Crippen molar-refractivity contribution in [1.29, 1.82) is 0 Å². The minimum atomic E-state index is -0.242. The van der Waals surface area contributed by atoms with Crippen molar-refractivity contribution in [3.63, 3.8) is 0 Å². The highest BCUT2D eigenvalue weighted by atomic mass is 79.9. The van der Waals surface area contributed by atoms with Crippen molar-refractivity contribution in [1.82, 2.24) is 0 Å². The summed E-state index contributed by atoms with van der Waals surface area (Å²) < 4.78 is 0.983. The molecule has 1 aromatic rings. The molecule has 0 aromatic heterocycles. The second kappa shape index (κ2) is 5.71. The van der Waals surface area contributed by atoms with Gasteiger partial charge in [0.2, 0.25) is 5.91 Å². The first-order valence-corrected chi connectivity index (χ1v) is 6.97. The van der Waals surface area contributed by atoms with E-state index in [-0.39, 0.29) is 11.9 Å². The minimum absolute atomic E-state index is 0.186. The molecule has 1 fully saturated rings. The molecule has 1 aromatic carbocycles. The Morgan fingerprint density at radius 2 is 2.22 bits per heavy atom. The standard InChI is InChI=1S/C13H18BrN3O/c14-11-7-10(5-4-9(11)8-15)17-6-2-1-3-12(17)13(16)18/h4-5,7,12H,1-3,6,8,15H2,(H2,16,18). The maximum atomic E-state index is 11.5. The fourth-order valence-electron chi connectivity index (χ4n) is 2.42. The fraction of sp³-hybridized carbons (Fsp3) is 0.462. The Hall–Kier alpha value is -1.07. The van der Waals surface area contributed by atoms with Crippen LogP contribution in [0.3, 0.4) is 0 Å². The lowest BCUT2D eigenvalue weighted by Crippen LogP contribution is -2.47. The van der Waals surface area contributed by atoms with Crippen molar-refractivity contribution in [2.45, 2.75) is 31.8 Å². The van der Waals surface area contributed by atoms with Crippen molar-refractivity contribution in [2.75, 3.05) is 11.4 Å². The summed E-state index contributed by atoms with van der Waals surface area (Å²) in [5.74, 6) is -0.242. The number of primary amides is 1. The third-order valence-corrected chi connectivity index (χ3v) is 4.16. The summed E-state index contributed by atoms with van der Waals surface area (Å²) in [7, 11) is 0. The van der Waals surface area contributed by atoms with Gasteiger partial charge in [0, 0.05) is 23.2 Å². The number of hydrogen-bond acceptors (Lipinski definition) is 3. The molecule has 4 N–H and O–H groups in total. The summed E-state index contributed by atoms with van der Waals surface area (Å²) in [4.78, 5) is 13.6. The van der Waals surface area contributed by atoms with Crippen LogP contribution in [0.15, 0.2) is 22.7 Å². The Labute approximate surface area is 115 Å². The molecular weight excluding hydrogens is 294 g/mol.